The summed E-state index contributed by atoms with van der Waals surface area (Å²) in [7, 11) is 0. The molecule has 0 aromatic heterocycles. The molecule has 4 aliphatic rings. The van der Waals surface area contributed by atoms with Crippen molar-refractivity contribution < 1.29 is 5.11 Å². The average molecular weight is 415 g/mol. The van der Waals surface area contributed by atoms with Crippen molar-refractivity contribution >= 4 is 0 Å². The predicted molar refractivity (Wildman–Crippen MR) is 128 cm³/mol. The van der Waals surface area contributed by atoms with Crippen LogP contribution in [0.4, 0.5) is 0 Å². The third-order valence-corrected chi connectivity index (χ3v) is 11.6. The number of rotatable bonds is 5. The zero-order valence-electron chi connectivity index (χ0n) is 21.1. The maximum Gasteiger partial charge on any atom is 0.0568 e. The summed E-state index contributed by atoms with van der Waals surface area (Å²) in [5.41, 5.74) is 2.84. The standard InChI is InChI=1S/C29H50O/c1-18(2)19(3)8-9-20(4)23-12-13-25-22-10-11-24-21(5)27(30)15-17-29(24,7)26(22)14-16-28(23,25)6/h10,18-21,23-27,30H,8-9,11-17H2,1-7H3/t19-,20+,21+,23+,24+,25-,26-,27+,28+,29-/m0/s1. The fourth-order valence-electron chi connectivity index (χ4n) is 8.98. The van der Waals surface area contributed by atoms with Gasteiger partial charge in [0.2, 0.25) is 0 Å². The van der Waals surface area contributed by atoms with Gasteiger partial charge in [0.15, 0.2) is 0 Å². The highest BCUT2D eigenvalue weighted by Gasteiger charge is 2.59. The number of aliphatic hydroxyl groups is 1. The second-order valence-corrected chi connectivity index (χ2v) is 13.1. The molecule has 10 atom stereocenters. The van der Waals surface area contributed by atoms with Gasteiger partial charge in [-0.05, 0) is 103 Å². The van der Waals surface area contributed by atoms with E-state index in [-0.39, 0.29) is 6.10 Å². The third kappa shape index (κ3) is 3.54. The first-order valence-electron chi connectivity index (χ1n) is 13.5. The van der Waals surface area contributed by atoms with Gasteiger partial charge in [0.25, 0.3) is 0 Å². The van der Waals surface area contributed by atoms with Gasteiger partial charge in [0, 0.05) is 0 Å². The number of hydrogen-bond donors (Lipinski definition) is 1. The van der Waals surface area contributed by atoms with Gasteiger partial charge in [0.05, 0.1) is 6.10 Å². The van der Waals surface area contributed by atoms with E-state index in [0.717, 1.165) is 41.9 Å². The van der Waals surface area contributed by atoms with Crippen molar-refractivity contribution in [1.29, 1.82) is 0 Å². The summed E-state index contributed by atoms with van der Waals surface area (Å²) in [4.78, 5) is 0. The normalized spacial score (nSPS) is 47.8. The zero-order chi connectivity index (χ0) is 21.8. The van der Waals surface area contributed by atoms with E-state index >= 15 is 0 Å². The largest absolute Gasteiger partial charge is 0.393 e. The van der Waals surface area contributed by atoms with E-state index in [0.29, 0.717) is 22.7 Å². The number of allylic oxidation sites excluding steroid dienone is 2. The molecule has 0 spiro atoms. The van der Waals surface area contributed by atoms with Crippen LogP contribution < -0.4 is 0 Å². The van der Waals surface area contributed by atoms with Crippen molar-refractivity contribution in [2.45, 2.75) is 112 Å². The Balaban J connectivity index is 1.51. The van der Waals surface area contributed by atoms with Crippen LogP contribution >= 0.6 is 0 Å². The van der Waals surface area contributed by atoms with Crippen LogP contribution in [0.1, 0.15) is 106 Å². The van der Waals surface area contributed by atoms with E-state index in [1.54, 1.807) is 0 Å². The van der Waals surface area contributed by atoms with Crippen LogP contribution in [-0.4, -0.2) is 11.2 Å². The van der Waals surface area contributed by atoms with Crippen molar-refractivity contribution in [3.63, 3.8) is 0 Å². The number of fused-ring (bicyclic) bond motifs is 5. The van der Waals surface area contributed by atoms with E-state index in [1.165, 1.54) is 51.4 Å². The highest BCUT2D eigenvalue weighted by molar-refractivity contribution is 5.28. The van der Waals surface area contributed by atoms with Gasteiger partial charge in [-0.25, -0.2) is 0 Å². The monoisotopic (exact) mass is 414 g/mol. The Bertz CT molecular complexity index is 649. The van der Waals surface area contributed by atoms with Crippen molar-refractivity contribution in [1.82, 2.24) is 0 Å². The van der Waals surface area contributed by atoms with Crippen molar-refractivity contribution in [2.75, 3.05) is 0 Å². The first-order valence-corrected chi connectivity index (χ1v) is 13.5. The molecule has 30 heavy (non-hydrogen) atoms. The molecule has 4 rings (SSSR count). The van der Waals surface area contributed by atoms with Gasteiger partial charge in [-0.3, -0.25) is 0 Å². The van der Waals surface area contributed by atoms with Crippen LogP contribution in [0.3, 0.4) is 0 Å². The van der Waals surface area contributed by atoms with E-state index in [2.05, 4.69) is 54.5 Å². The molecule has 0 radical (unpaired) electrons. The lowest BCUT2D eigenvalue weighted by Crippen LogP contribution is -2.52. The molecular weight excluding hydrogens is 364 g/mol. The van der Waals surface area contributed by atoms with Crippen molar-refractivity contribution in [3.8, 4) is 0 Å². The van der Waals surface area contributed by atoms with Crippen molar-refractivity contribution in [2.24, 2.45) is 58.2 Å². The summed E-state index contributed by atoms with van der Waals surface area (Å²) in [5.74, 6) is 6.25. The van der Waals surface area contributed by atoms with Crippen LogP contribution in [0.15, 0.2) is 11.6 Å². The highest BCUT2D eigenvalue weighted by atomic mass is 16.3. The first-order chi connectivity index (χ1) is 14.1. The molecule has 1 nitrogen and oxygen atoms in total. The van der Waals surface area contributed by atoms with Gasteiger partial charge in [-0.2, -0.15) is 0 Å². The lowest BCUT2D eigenvalue weighted by Gasteiger charge is -2.59. The lowest BCUT2D eigenvalue weighted by molar-refractivity contribution is -0.0774. The second-order valence-electron chi connectivity index (χ2n) is 13.1. The fraction of sp³-hybridized carbons (Fsp3) is 0.931. The van der Waals surface area contributed by atoms with Crippen LogP contribution in [0, 0.1) is 58.2 Å². The topological polar surface area (TPSA) is 20.2 Å². The molecule has 1 heteroatoms. The molecule has 0 unspecified atom stereocenters. The molecule has 0 aromatic rings. The quantitative estimate of drug-likeness (QED) is 0.454. The minimum Gasteiger partial charge on any atom is -0.393 e. The smallest absolute Gasteiger partial charge is 0.0568 e. The molecule has 0 bridgehead atoms. The molecule has 4 aliphatic carbocycles. The molecule has 0 saturated heterocycles. The molecule has 0 aromatic carbocycles. The van der Waals surface area contributed by atoms with Gasteiger partial charge in [0.1, 0.15) is 0 Å². The Hall–Kier alpha value is -0.300. The van der Waals surface area contributed by atoms with Crippen LogP contribution in [0.2, 0.25) is 0 Å². The van der Waals surface area contributed by atoms with E-state index in [9.17, 15) is 5.11 Å². The first kappa shape index (κ1) is 22.9. The zero-order valence-corrected chi connectivity index (χ0v) is 21.1. The Morgan fingerprint density at radius 2 is 1.60 bits per heavy atom. The van der Waals surface area contributed by atoms with E-state index < -0.39 is 0 Å². The van der Waals surface area contributed by atoms with Crippen molar-refractivity contribution in [3.05, 3.63) is 11.6 Å². The van der Waals surface area contributed by atoms with Gasteiger partial charge < -0.3 is 5.11 Å². The molecular formula is C29H50O. The highest BCUT2D eigenvalue weighted by Crippen LogP contribution is 2.67. The Morgan fingerprint density at radius 3 is 2.30 bits per heavy atom. The number of aliphatic hydroxyl groups excluding tert-OH is 1. The summed E-state index contributed by atoms with van der Waals surface area (Å²) < 4.78 is 0. The molecule has 3 saturated carbocycles. The predicted octanol–water partition coefficient (Wildman–Crippen LogP) is 7.88. The molecule has 0 amide bonds. The summed E-state index contributed by atoms with van der Waals surface area (Å²) >= 11 is 0. The Labute approximate surface area is 187 Å². The maximum absolute atomic E-state index is 10.5. The molecule has 172 valence electrons. The van der Waals surface area contributed by atoms with E-state index in [1.807, 2.05) is 5.57 Å². The van der Waals surface area contributed by atoms with Crippen LogP contribution in [0.25, 0.3) is 0 Å². The SMILES string of the molecule is CC(C)[C@@H](C)CC[C@@H](C)[C@H]1CC[C@H]2C3=CC[C@@H]4[C@@H](C)[C@H](O)CC[C@]4(C)[C@H]3CC[C@]12C. The molecule has 0 heterocycles. The Kier molecular flexibility index (Phi) is 6.28. The van der Waals surface area contributed by atoms with Crippen LogP contribution in [-0.2, 0) is 0 Å². The van der Waals surface area contributed by atoms with Gasteiger partial charge in [-0.1, -0.05) is 73.0 Å². The summed E-state index contributed by atoms with van der Waals surface area (Å²) in [5, 5.41) is 10.5. The maximum atomic E-state index is 10.5. The number of hydrogen-bond acceptors (Lipinski definition) is 1. The average Bonchev–Trinajstić information content (AvgIpc) is 3.06. The summed E-state index contributed by atoms with van der Waals surface area (Å²) in [6.07, 6.45) is 14.7. The second kappa shape index (κ2) is 8.24. The minimum absolute atomic E-state index is 0.0724. The van der Waals surface area contributed by atoms with E-state index in [4.69, 9.17) is 0 Å². The summed E-state index contributed by atoms with van der Waals surface area (Å²) in [6.45, 7) is 17.4. The van der Waals surface area contributed by atoms with Gasteiger partial charge in [-0.15, -0.1) is 0 Å². The molecule has 0 aliphatic heterocycles. The molecule has 1 N–H and O–H groups in total. The Morgan fingerprint density at radius 1 is 0.933 bits per heavy atom. The fourth-order valence-corrected chi connectivity index (χ4v) is 8.98. The lowest BCUT2D eigenvalue weighted by atomic mass is 9.46. The summed E-state index contributed by atoms with van der Waals surface area (Å²) in [6, 6.07) is 0. The minimum atomic E-state index is -0.0724. The van der Waals surface area contributed by atoms with Gasteiger partial charge >= 0.3 is 0 Å². The van der Waals surface area contributed by atoms with Crippen LogP contribution in [0.5, 0.6) is 0 Å². The molecule has 3 fully saturated rings. The third-order valence-electron chi connectivity index (χ3n) is 11.6.